The van der Waals surface area contributed by atoms with Crippen LogP contribution in [0.1, 0.15) is 39.9 Å². The number of nitrogens with zero attached hydrogens (tertiary/aromatic N) is 1. The first-order chi connectivity index (χ1) is 12.3. The topological polar surface area (TPSA) is 66.5 Å². The van der Waals surface area contributed by atoms with Crippen molar-refractivity contribution in [2.45, 2.75) is 33.6 Å². The summed E-state index contributed by atoms with van der Waals surface area (Å²) in [6.07, 6.45) is 1.56. The van der Waals surface area contributed by atoms with Crippen LogP contribution in [0.25, 0.3) is 0 Å². The normalized spacial score (nSPS) is 16.3. The zero-order valence-electron chi connectivity index (χ0n) is 15.4. The van der Waals surface area contributed by atoms with Crippen molar-refractivity contribution in [2.75, 3.05) is 21.9 Å². The molecule has 26 heavy (non-hydrogen) atoms. The van der Waals surface area contributed by atoms with Crippen LogP contribution in [-0.4, -0.2) is 26.6 Å². The zero-order chi connectivity index (χ0) is 18.9. The number of hydrogen-bond acceptors (Lipinski definition) is 3. The second-order valence-corrected chi connectivity index (χ2v) is 8.83. The van der Waals surface area contributed by atoms with Crippen molar-refractivity contribution in [1.29, 1.82) is 0 Å². The Labute approximate surface area is 155 Å². The smallest absolute Gasteiger partial charge is 0.255 e. The summed E-state index contributed by atoms with van der Waals surface area (Å²) in [6, 6.07) is 11.0. The first-order valence-corrected chi connectivity index (χ1v) is 10.4. The molecule has 6 heteroatoms. The van der Waals surface area contributed by atoms with E-state index in [1.54, 1.807) is 18.2 Å². The summed E-state index contributed by atoms with van der Waals surface area (Å²) < 4.78 is 26.1. The van der Waals surface area contributed by atoms with Gasteiger partial charge in [0.05, 0.1) is 11.4 Å². The van der Waals surface area contributed by atoms with Crippen molar-refractivity contribution in [2.24, 2.45) is 0 Å². The Morgan fingerprint density at radius 3 is 2.31 bits per heavy atom. The van der Waals surface area contributed by atoms with Crippen molar-refractivity contribution in [1.82, 2.24) is 0 Å². The molecule has 1 fully saturated rings. The minimum atomic E-state index is -3.26. The van der Waals surface area contributed by atoms with Crippen LogP contribution in [0.3, 0.4) is 0 Å². The number of anilines is 2. The van der Waals surface area contributed by atoms with Crippen LogP contribution in [0, 0.1) is 20.8 Å². The van der Waals surface area contributed by atoms with Gasteiger partial charge in [-0.1, -0.05) is 18.2 Å². The Morgan fingerprint density at radius 2 is 1.69 bits per heavy atom. The Morgan fingerprint density at radius 1 is 1.00 bits per heavy atom. The summed E-state index contributed by atoms with van der Waals surface area (Å²) in [6.45, 7) is 6.25. The molecule has 0 saturated carbocycles. The quantitative estimate of drug-likeness (QED) is 0.891. The number of carbonyl (C=O) groups is 1. The number of carbonyl (C=O) groups excluding carboxylic acids is 1. The molecule has 1 amide bonds. The highest BCUT2D eigenvalue weighted by Gasteiger charge is 2.27. The van der Waals surface area contributed by atoms with Crippen LogP contribution in [0.2, 0.25) is 0 Å². The van der Waals surface area contributed by atoms with Crippen LogP contribution in [0.15, 0.2) is 36.4 Å². The molecule has 5 nitrogen and oxygen atoms in total. The number of rotatable bonds is 3. The summed E-state index contributed by atoms with van der Waals surface area (Å²) in [5, 5.41) is 2.97. The predicted octanol–water partition coefficient (Wildman–Crippen LogP) is 3.79. The number of sulfonamides is 1. The van der Waals surface area contributed by atoms with Gasteiger partial charge in [-0.15, -0.1) is 0 Å². The fourth-order valence-corrected chi connectivity index (χ4v) is 5.03. The van der Waals surface area contributed by atoms with E-state index in [-0.39, 0.29) is 11.7 Å². The summed E-state index contributed by atoms with van der Waals surface area (Å²) in [7, 11) is -3.26. The van der Waals surface area contributed by atoms with E-state index in [1.807, 2.05) is 39.0 Å². The summed E-state index contributed by atoms with van der Waals surface area (Å²) in [5.41, 5.74) is 4.79. The maximum Gasteiger partial charge on any atom is 0.255 e. The molecule has 2 aromatic rings. The van der Waals surface area contributed by atoms with Gasteiger partial charge in [0, 0.05) is 17.8 Å². The van der Waals surface area contributed by atoms with Crippen molar-refractivity contribution in [3.05, 3.63) is 58.7 Å². The average molecular weight is 372 g/mol. The molecular weight excluding hydrogens is 348 g/mol. The van der Waals surface area contributed by atoms with Crippen molar-refractivity contribution in [3.63, 3.8) is 0 Å². The van der Waals surface area contributed by atoms with Crippen LogP contribution in [-0.2, 0) is 10.0 Å². The third-order valence-electron chi connectivity index (χ3n) is 4.80. The van der Waals surface area contributed by atoms with Gasteiger partial charge >= 0.3 is 0 Å². The second kappa shape index (κ2) is 7.11. The van der Waals surface area contributed by atoms with E-state index in [1.165, 1.54) is 4.31 Å². The molecule has 0 aromatic heterocycles. The fourth-order valence-electron chi connectivity index (χ4n) is 3.33. The summed E-state index contributed by atoms with van der Waals surface area (Å²) in [5.74, 6) is -0.0140. The molecule has 2 aromatic carbocycles. The number of aryl methyl sites for hydroxylation is 3. The number of para-hydroxylation sites is 1. The minimum absolute atomic E-state index is 0.182. The molecule has 0 radical (unpaired) electrons. The summed E-state index contributed by atoms with van der Waals surface area (Å²) >= 11 is 0. The lowest BCUT2D eigenvalue weighted by Gasteiger charge is -2.29. The molecule has 0 aliphatic carbocycles. The molecule has 1 aliphatic rings. The molecule has 1 N–H and O–H groups in total. The van der Waals surface area contributed by atoms with E-state index >= 15 is 0 Å². The molecule has 1 saturated heterocycles. The number of nitrogens with one attached hydrogen (secondary N) is 1. The highest BCUT2D eigenvalue weighted by molar-refractivity contribution is 7.92. The van der Waals surface area contributed by atoms with Gasteiger partial charge in [-0.3, -0.25) is 9.10 Å². The van der Waals surface area contributed by atoms with E-state index < -0.39 is 10.0 Å². The van der Waals surface area contributed by atoms with Crippen LogP contribution < -0.4 is 9.62 Å². The molecule has 0 bridgehead atoms. The van der Waals surface area contributed by atoms with Gasteiger partial charge in [0.1, 0.15) is 0 Å². The molecule has 0 spiro atoms. The Kier molecular flexibility index (Phi) is 5.05. The maximum absolute atomic E-state index is 12.6. The van der Waals surface area contributed by atoms with E-state index in [4.69, 9.17) is 0 Å². The van der Waals surface area contributed by atoms with E-state index in [2.05, 4.69) is 5.32 Å². The van der Waals surface area contributed by atoms with E-state index in [0.29, 0.717) is 24.2 Å². The number of amides is 1. The maximum atomic E-state index is 12.6. The number of benzene rings is 2. The average Bonchev–Trinajstić information content (AvgIpc) is 2.58. The standard InChI is InChI=1S/C20H24N2O3S/c1-14-7-6-8-15(2)19(14)21-20(23)17-9-10-18(16(3)13-17)22-11-4-5-12-26(22,24)25/h6-10,13H,4-5,11-12H2,1-3H3,(H,21,23). The van der Waals surface area contributed by atoms with Crippen molar-refractivity contribution in [3.8, 4) is 0 Å². The van der Waals surface area contributed by atoms with Crippen LogP contribution in [0.5, 0.6) is 0 Å². The molecule has 3 rings (SSSR count). The van der Waals surface area contributed by atoms with Crippen LogP contribution >= 0.6 is 0 Å². The van der Waals surface area contributed by atoms with Crippen LogP contribution in [0.4, 0.5) is 11.4 Å². The number of hydrogen-bond donors (Lipinski definition) is 1. The van der Waals surface area contributed by atoms with Gasteiger partial charge in [0.15, 0.2) is 0 Å². The van der Waals surface area contributed by atoms with Gasteiger partial charge in [-0.25, -0.2) is 8.42 Å². The Bertz CT molecular complexity index is 931. The van der Waals surface area contributed by atoms with E-state index in [9.17, 15) is 13.2 Å². The first-order valence-electron chi connectivity index (χ1n) is 8.78. The minimum Gasteiger partial charge on any atom is -0.322 e. The second-order valence-electron chi connectivity index (χ2n) is 6.82. The SMILES string of the molecule is Cc1cc(C(=O)Nc2c(C)cccc2C)ccc1N1CCCCS1(=O)=O. The molecular formula is C20H24N2O3S. The molecule has 0 atom stereocenters. The predicted molar refractivity (Wildman–Crippen MR) is 105 cm³/mol. The largest absolute Gasteiger partial charge is 0.322 e. The molecule has 0 unspecified atom stereocenters. The summed E-state index contributed by atoms with van der Waals surface area (Å²) in [4.78, 5) is 12.6. The lowest BCUT2D eigenvalue weighted by Crippen LogP contribution is -2.38. The fraction of sp³-hybridized carbons (Fsp3) is 0.350. The van der Waals surface area contributed by atoms with Gasteiger partial charge in [0.2, 0.25) is 10.0 Å². The Balaban J connectivity index is 1.86. The van der Waals surface area contributed by atoms with Gasteiger partial charge in [0.25, 0.3) is 5.91 Å². The monoisotopic (exact) mass is 372 g/mol. The van der Waals surface area contributed by atoms with Crippen molar-refractivity contribution >= 4 is 27.3 Å². The first kappa shape index (κ1) is 18.5. The highest BCUT2D eigenvalue weighted by Crippen LogP contribution is 2.28. The van der Waals surface area contributed by atoms with Gasteiger partial charge in [-0.2, -0.15) is 0 Å². The molecule has 1 aliphatic heterocycles. The lowest BCUT2D eigenvalue weighted by atomic mass is 10.1. The van der Waals surface area contributed by atoms with Gasteiger partial charge < -0.3 is 5.32 Å². The third kappa shape index (κ3) is 3.60. The van der Waals surface area contributed by atoms with E-state index in [0.717, 1.165) is 28.8 Å². The highest BCUT2D eigenvalue weighted by atomic mass is 32.2. The third-order valence-corrected chi connectivity index (χ3v) is 6.65. The molecule has 138 valence electrons. The zero-order valence-corrected chi connectivity index (χ0v) is 16.2. The Hall–Kier alpha value is -2.34. The molecule has 1 heterocycles. The van der Waals surface area contributed by atoms with Gasteiger partial charge in [-0.05, 0) is 68.5 Å². The van der Waals surface area contributed by atoms with Crippen molar-refractivity contribution < 1.29 is 13.2 Å². The lowest BCUT2D eigenvalue weighted by molar-refractivity contribution is 0.102.